The molecule has 1 atom stereocenters. The molecule has 24 heavy (non-hydrogen) atoms. The predicted molar refractivity (Wildman–Crippen MR) is 81.6 cm³/mol. The third kappa shape index (κ3) is 2.86. The van der Waals surface area contributed by atoms with Gasteiger partial charge in [0, 0.05) is 5.75 Å². The number of carboxylic acid groups (broad SMARTS) is 1. The fraction of sp³-hybridized carbons (Fsp3) is 0.267. The summed E-state index contributed by atoms with van der Waals surface area (Å²) in [6, 6.07) is 3.27. The Morgan fingerprint density at radius 2 is 2.04 bits per heavy atom. The molecule has 1 aromatic heterocycles. The highest BCUT2D eigenvalue weighted by Gasteiger charge is 2.43. The van der Waals surface area contributed by atoms with Crippen LogP contribution < -0.4 is 5.32 Å². The maximum atomic E-state index is 13.7. The van der Waals surface area contributed by atoms with Gasteiger partial charge in [-0.2, -0.15) is 11.8 Å². The average molecular weight is 354 g/mol. The van der Waals surface area contributed by atoms with Crippen molar-refractivity contribution in [3.63, 3.8) is 0 Å². The molecule has 0 saturated carbocycles. The summed E-state index contributed by atoms with van der Waals surface area (Å²) in [4.78, 5) is 27.4. The number of nitrogens with zero attached hydrogens (tertiary/aromatic N) is 1. The van der Waals surface area contributed by atoms with E-state index < -0.39 is 34.6 Å². The Balaban J connectivity index is 1.85. The Morgan fingerprint density at radius 3 is 2.62 bits per heavy atom. The molecule has 1 aliphatic rings. The van der Waals surface area contributed by atoms with E-state index in [9.17, 15) is 23.5 Å². The van der Waals surface area contributed by atoms with Crippen LogP contribution in [0.1, 0.15) is 16.9 Å². The summed E-state index contributed by atoms with van der Waals surface area (Å²) in [6.07, 6.45) is 1.22. The van der Waals surface area contributed by atoms with Crippen LogP contribution in [0.5, 0.6) is 0 Å². The number of aromatic nitrogens is 1. The fourth-order valence-electron chi connectivity index (χ4n) is 2.36. The summed E-state index contributed by atoms with van der Waals surface area (Å²) in [7, 11) is 0. The first-order valence-corrected chi connectivity index (χ1v) is 8.12. The summed E-state index contributed by atoms with van der Waals surface area (Å²) >= 11 is 1.41. The van der Waals surface area contributed by atoms with Gasteiger partial charge in [0.25, 0.3) is 5.91 Å². The molecule has 1 amide bonds. The number of amides is 1. The summed E-state index contributed by atoms with van der Waals surface area (Å²) in [6.45, 7) is 0. The van der Waals surface area contributed by atoms with Crippen molar-refractivity contribution in [2.45, 2.75) is 12.0 Å². The van der Waals surface area contributed by atoms with Gasteiger partial charge < -0.3 is 14.8 Å². The number of nitrogens with one attached hydrogen (secondary N) is 1. The molecule has 2 heterocycles. The van der Waals surface area contributed by atoms with E-state index in [1.54, 1.807) is 0 Å². The molecule has 1 fully saturated rings. The molecule has 0 spiro atoms. The van der Waals surface area contributed by atoms with Crippen molar-refractivity contribution >= 4 is 23.6 Å². The lowest BCUT2D eigenvalue weighted by atomic mass is 9.99. The molecule has 9 heteroatoms. The molecule has 2 N–H and O–H groups in total. The number of aliphatic carboxylic acids is 1. The van der Waals surface area contributed by atoms with Crippen molar-refractivity contribution in [2.75, 3.05) is 11.5 Å². The van der Waals surface area contributed by atoms with Gasteiger partial charge in [-0.05, 0) is 24.3 Å². The molecule has 126 valence electrons. The normalized spacial score (nSPS) is 20.1. The van der Waals surface area contributed by atoms with Gasteiger partial charge in [-0.25, -0.2) is 18.6 Å². The Labute approximate surface area is 139 Å². The van der Waals surface area contributed by atoms with Gasteiger partial charge in [0.05, 0.1) is 0 Å². The standard InChI is InChI=1S/C15H12F2N2O4S/c16-8-2-1-3-9(17)11(8)13-18-10(6-23-13)12(20)19-15(14(21)22)4-5-24-7-15/h1-3,6H,4-5,7H2,(H,19,20)(H,21,22). The highest BCUT2D eigenvalue weighted by atomic mass is 32.2. The number of hydrogen-bond acceptors (Lipinski definition) is 5. The van der Waals surface area contributed by atoms with E-state index in [0.717, 1.165) is 18.4 Å². The Kier molecular flexibility index (Phi) is 4.27. The highest BCUT2D eigenvalue weighted by Crippen LogP contribution is 2.29. The largest absolute Gasteiger partial charge is 0.479 e. The van der Waals surface area contributed by atoms with E-state index >= 15 is 0 Å². The van der Waals surface area contributed by atoms with Crippen LogP contribution in [-0.2, 0) is 4.79 Å². The third-order valence-electron chi connectivity index (χ3n) is 3.70. The molecule has 2 aromatic rings. The first-order chi connectivity index (χ1) is 11.4. The Morgan fingerprint density at radius 1 is 1.33 bits per heavy atom. The lowest BCUT2D eigenvalue weighted by Crippen LogP contribution is -2.54. The maximum Gasteiger partial charge on any atom is 0.330 e. The number of hydrogen-bond donors (Lipinski definition) is 2. The Hall–Kier alpha value is -2.42. The van der Waals surface area contributed by atoms with Gasteiger partial charge in [-0.1, -0.05) is 6.07 Å². The van der Waals surface area contributed by atoms with E-state index in [1.165, 1.54) is 17.8 Å². The first-order valence-electron chi connectivity index (χ1n) is 6.96. The quantitative estimate of drug-likeness (QED) is 0.875. The second kappa shape index (κ2) is 6.23. The number of halogens is 2. The monoisotopic (exact) mass is 354 g/mol. The smallest absolute Gasteiger partial charge is 0.330 e. The van der Waals surface area contributed by atoms with Crippen LogP contribution in [0.15, 0.2) is 28.9 Å². The average Bonchev–Trinajstić information content (AvgIpc) is 3.17. The molecular weight excluding hydrogens is 342 g/mol. The number of benzene rings is 1. The molecule has 0 radical (unpaired) electrons. The van der Waals surface area contributed by atoms with E-state index in [4.69, 9.17) is 4.42 Å². The lowest BCUT2D eigenvalue weighted by Gasteiger charge is -2.23. The van der Waals surface area contributed by atoms with Crippen molar-refractivity contribution in [1.29, 1.82) is 0 Å². The van der Waals surface area contributed by atoms with E-state index in [0.29, 0.717) is 5.75 Å². The maximum absolute atomic E-state index is 13.7. The molecule has 0 aliphatic carbocycles. The van der Waals surface area contributed by atoms with Crippen molar-refractivity contribution in [3.05, 3.63) is 41.8 Å². The minimum absolute atomic E-state index is 0.237. The van der Waals surface area contributed by atoms with Crippen molar-refractivity contribution in [3.8, 4) is 11.5 Å². The van der Waals surface area contributed by atoms with Gasteiger partial charge in [-0.3, -0.25) is 4.79 Å². The van der Waals surface area contributed by atoms with E-state index in [2.05, 4.69) is 10.3 Å². The number of carboxylic acids is 1. The van der Waals surface area contributed by atoms with Crippen LogP contribution in [-0.4, -0.2) is 39.0 Å². The van der Waals surface area contributed by atoms with Gasteiger partial charge in [0.1, 0.15) is 29.0 Å². The van der Waals surface area contributed by atoms with Crippen LogP contribution in [0.4, 0.5) is 8.78 Å². The molecule has 0 bridgehead atoms. The van der Waals surface area contributed by atoms with Crippen LogP contribution in [0, 0.1) is 11.6 Å². The molecule has 1 aromatic carbocycles. The number of carbonyl (C=O) groups is 2. The third-order valence-corrected chi connectivity index (χ3v) is 4.89. The molecule has 1 aliphatic heterocycles. The summed E-state index contributed by atoms with van der Waals surface area (Å²) in [5.41, 5.74) is -2.10. The van der Waals surface area contributed by atoms with E-state index in [1.807, 2.05) is 0 Å². The summed E-state index contributed by atoms with van der Waals surface area (Å²) < 4.78 is 32.4. The molecule has 1 unspecified atom stereocenters. The second-order valence-corrected chi connectivity index (χ2v) is 6.38. The zero-order chi connectivity index (χ0) is 17.3. The second-order valence-electron chi connectivity index (χ2n) is 5.28. The summed E-state index contributed by atoms with van der Waals surface area (Å²) in [5, 5.41) is 11.8. The zero-order valence-corrected chi connectivity index (χ0v) is 13.0. The predicted octanol–water partition coefficient (Wildman–Crippen LogP) is 2.31. The minimum atomic E-state index is -1.37. The molecule has 3 rings (SSSR count). The number of rotatable bonds is 4. The zero-order valence-electron chi connectivity index (χ0n) is 12.2. The lowest BCUT2D eigenvalue weighted by molar-refractivity contribution is -0.143. The molecule has 6 nitrogen and oxygen atoms in total. The van der Waals surface area contributed by atoms with Gasteiger partial charge in [0.2, 0.25) is 5.89 Å². The van der Waals surface area contributed by atoms with Crippen LogP contribution in [0.25, 0.3) is 11.5 Å². The number of thioether (sulfide) groups is 1. The van der Waals surface area contributed by atoms with Gasteiger partial charge in [-0.15, -0.1) is 0 Å². The van der Waals surface area contributed by atoms with Crippen molar-refractivity contribution < 1.29 is 27.9 Å². The topological polar surface area (TPSA) is 92.4 Å². The number of oxazole rings is 1. The van der Waals surface area contributed by atoms with Gasteiger partial charge >= 0.3 is 5.97 Å². The molecule has 1 saturated heterocycles. The van der Waals surface area contributed by atoms with Gasteiger partial charge in [0.15, 0.2) is 5.69 Å². The SMILES string of the molecule is O=C(NC1(C(=O)O)CCSC1)c1coc(-c2c(F)cccc2F)n1. The fourth-order valence-corrected chi connectivity index (χ4v) is 3.69. The van der Waals surface area contributed by atoms with Crippen LogP contribution in [0.3, 0.4) is 0 Å². The Bertz CT molecular complexity index is 782. The van der Waals surface area contributed by atoms with E-state index in [-0.39, 0.29) is 23.8 Å². The number of carbonyl (C=O) groups excluding carboxylic acids is 1. The van der Waals surface area contributed by atoms with Crippen LogP contribution >= 0.6 is 11.8 Å². The van der Waals surface area contributed by atoms with Crippen molar-refractivity contribution in [2.24, 2.45) is 0 Å². The minimum Gasteiger partial charge on any atom is -0.479 e. The first kappa shape index (κ1) is 16.4. The van der Waals surface area contributed by atoms with Crippen LogP contribution in [0.2, 0.25) is 0 Å². The van der Waals surface area contributed by atoms with Crippen molar-refractivity contribution in [1.82, 2.24) is 10.3 Å². The highest BCUT2D eigenvalue weighted by molar-refractivity contribution is 7.99. The summed E-state index contributed by atoms with van der Waals surface area (Å²) in [5.74, 6) is -3.20. The molecular formula is C15H12F2N2O4S.